The zero-order valence-corrected chi connectivity index (χ0v) is 9.65. The van der Waals surface area contributed by atoms with Crippen LogP contribution in [0.5, 0.6) is 0 Å². The highest BCUT2D eigenvalue weighted by Gasteiger charge is 1.84. The van der Waals surface area contributed by atoms with E-state index in [4.69, 9.17) is 0 Å². The van der Waals surface area contributed by atoms with Crippen LogP contribution in [-0.2, 0) is 0 Å². The van der Waals surface area contributed by atoms with Gasteiger partial charge in [-0.2, -0.15) is 0 Å². The molecule has 1 aromatic carbocycles. The van der Waals surface area contributed by atoms with E-state index in [9.17, 15) is 0 Å². The summed E-state index contributed by atoms with van der Waals surface area (Å²) < 4.78 is 0. The highest BCUT2D eigenvalue weighted by atomic mass is 13.9. The van der Waals surface area contributed by atoms with Crippen molar-refractivity contribution in [1.82, 2.24) is 0 Å². The van der Waals surface area contributed by atoms with Crippen LogP contribution >= 0.6 is 0 Å². The molecule has 0 bridgehead atoms. The van der Waals surface area contributed by atoms with Gasteiger partial charge in [0.2, 0.25) is 0 Å². The molecule has 0 aliphatic heterocycles. The van der Waals surface area contributed by atoms with E-state index in [1.54, 1.807) is 12.2 Å². The molecule has 82 valence electrons. The SMILES string of the molecule is C=CC(=C)C(=C)C=C.C=Cc1ccccc1. The van der Waals surface area contributed by atoms with E-state index in [-0.39, 0.29) is 0 Å². The monoisotopic (exact) mass is 210 g/mol. The lowest BCUT2D eigenvalue weighted by atomic mass is 10.1. The molecule has 0 aliphatic rings. The molecule has 0 spiro atoms. The topological polar surface area (TPSA) is 0 Å². The van der Waals surface area contributed by atoms with Crippen molar-refractivity contribution >= 4 is 6.08 Å². The van der Waals surface area contributed by atoms with Crippen LogP contribution in [0, 0.1) is 0 Å². The molecule has 0 fully saturated rings. The minimum absolute atomic E-state index is 0.833. The number of benzene rings is 1. The van der Waals surface area contributed by atoms with Gasteiger partial charge < -0.3 is 0 Å². The Balaban J connectivity index is 0.000000281. The van der Waals surface area contributed by atoms with Crippen molar-refractivity contribution in [3.8, 4) is 0 Å². The largest absolute Gasteiger partial charge is 0.0985 e. The van der Waals surface area contributed by atoms with Crippen molar-refractivity contribution in [3.63, 3.8) is 0 Å². The zero-order chi connectivity index (χ0) is 12.4. The second kappa shape index (κ2) is 8.25. The van der Waals surface area contributed by atoms with Crippen LogP contribution in [0.2, 0.25) is 0 Å². The zero-order valence-electron chi connectivity index (χ0n) is 9.65. The second-order valence-corrected chi connectivity index (χ2v) is 3.07. The summed E-state index contributed by atoms with van der Waals surface area (Å²) in [5.41, 5.74) is 2.84. The summed E-state index contributed by atoms with van der Waals surface area (Å²) in [4.78, 5) is 0. The summed E-state index contributed by atoms with van der Waals surface area (Å²) >= 11 is 0. The van der Waals surface area contributed by atoms with Gasteiger partial charge in [-0.15, -0.1) is 0 Å². The quantitative estimate of drug-likeness (QED) is 0.626. The van der Waals surface area contributed by atoms with Crippen molar-refractivity contribution in [1.29, 1.82) is 0 Å². The number of hydrogen-bond donors (Lipinski definition) is 0. The van der Waals surface area contributed by atoms with E-state index in [2.05, 4.69) is 32.9 Å². The summed E-state index contributed by atoms with van der Waals surface area (Å²) in [6.45, 7) is 18.0. The van der Waals surface area contributed by atoms with Gasteiger partial charge >= 0.3 is 0 Å². The predicted octanol–water partition coefficient (Wildman–Crippen LogP) is 4.80. The van der Waals surface area contributed by atoms with Gasteiger partial charge in [0.05, 0.1) is 0 Å². The average Bonchev–Trinajstić information content (AvgIpc) is 2.38. The molecule has 0 nitrogen and oxygen atoms in total. The Morgan fingerprint density at radius 3 is 1.50 bits per heavy atom. The van der Waals surface area contributed by atoms with E-state index >= 15 is 0 Å². The number of hydrogen-bond acceptors (Lipinski definition) is 0. The maximum Gasteiger partial charge on any atom is -0.0263 e. The molecule has 0 aromatic heterocycles. The standard InChI is InChI=1S/C8H8.C8H10/c1-2-8-6-4-3-5-7-8;1-5-7(3)8(4)6-2/h2-7H,1H2;5-6H,1-4H2. The Hall–Kier alpha value is -2.08. The fourth-order valence-electron chi connectivity index (χ4n) is 0.851. The van der Waals surface area contributed by atoms with E-state index in [0.29, 0.717) is 0 Å². The van der Waals surface area contributed by atoms with E-state index in [1.165, 1.54) is 5.56 Å². The van der Waals surface area contributed by atoms with Crippen LogP contribution in [0.4, 0.5) is 0 Å². The molecule has 0 heterocycles. The third-order valence-corrected chi connectivity index (χ3v) is 1.94. The first-order valence-corrected chi connectivity index (χ1v) is 4.96. The fraction of sp³-hybridized carbons (Fsp3) is 0. The Morgan fingerprint density at radius 1 is 0.812 bits per heavy atom. The van der Waals surface area contributed by atoms with Gasteiger partial charge in [-0.05, 0) is 16.7 Å². The first-order chi connectivity index (χ1) is 7.65. The Morgan fingerprint density at radius 2 is 1.25 bits per heavy atom. The number of rotatable bonds is 4. The lowest BCUT2D eigenvalue weighted by Crippen LogP contribution is -1.73. The van der Waals surface area contributed by atoms with E-state index in [0.717, 1.165) is 11.1 Å². The molecule has 0 radical (unpaired) electrons. The summed E-state index contributed by atoms with van der Waals surface area (Å²) in [6, 6.07) is 10.0. The molecule has 1 aromatic rings. The van der Waals surface area contributed by atoms with Gasteiger partial charge in [-0.1, -0.05) is 81.5 Å². The molecule has 1 rings (SSSR count). The van der Waals surface area contributed by atoms with Crippen molar-refractivity contribution in [2.24, 2.45) is 0 Å². The van der Waals surface area contributed by atoms with Crippen LogP contribution in [0.25, 0.3) is 6.08 Å². The molecule has 0 N–H and O–H groups in total. The molecular formula is C16H18. The third-order valence-electron chi connectivity index (χ3n) is 1.94. The minimum atomic E-state index is 0.833. The van der Waals surface area contributed by atoms with Gasteiger partial charge in [-0.3, -0.25) is 0 Å². The highest BCUT2D eigenvalue weighted by Crippen LogP contribution is 2.04. The number of allylic oxidation sites excluding steroid dienone is 4. The first kappa shape index (κ1) is 13.9. The van der Waals surface area contributed by atoms with Crippen molar-refractivity contribution in [3.05, 3.63) is 92.1 Å². The molecule has 0 unspecified atom stereocenters. The Labute approximate surface area is 98.6 Å². The van der Waals surface area contributed by atoms with Gasteiger partial charge in [-0.25, -0.2) is 0 Å². The molecule has 0 atom stereocenters. The summed E-state index contributed by atoms with van der Waals surface area (Å²) in [7, 11) is 0. The van der Waals surface area contributed by atoms with Gasteiger partial charge in [0.25, 0.3) is 0 Å². The summed E-state index contributed by atoms with van der Waals surface area (Å²) in [5.74, 6) is 0. The fourth-order valence-corrected chi connectivity index (χ4v) is 0.851. The first-order valence-electron chi connectivity index (χ1n) is 4.96. The van der Waals surface area contributed by atoms with Crippen LogP contribution in [0.1, 0.15) is 5.56 Å². The third kappa shape index (κ3) is 5.61. The van der Waals surface area contributed by atoms with Gasteiger partial charge in [0.1, 0.15) is 0 Å². The smallest absolute Gasteiger partial charge is 0.0263 e. The lowest BCUT2D eigenvalue weighted by molar-refractivity contribution is 1.63. The van der Waals surface area contributed by atoms with Crippen molar-refractivity contribution in [2.75, 3.05) is 0 Å². The Kier molecular flexibility index (Phi) is 7.17. The van der Waals surface area contributed by atoms with Crippen molar-refractivity contribution in [2.45, 2.75) is 0 Å². The lowest BCUT2D eigenvalue weighted by Gasteiger charge is -1.93. The molecule has 16 heavy (non-hydrogen) atoms. The van der Waals surface area contributed by atoms with E-state index in [1.807, 2.05) is 36.4 Å². The molecule has 0 saturated heterocycles. The maximum atomic E-state index is 3.66. The second-order valence-electron chi connectivity index (χ2n) is 3.07. The molecule has 0 aliphatic carbocycles. The van der Waals surface area contributed by atoms with Crippen molar-refractivity contribution < 1.29 is 0 Å². The van der Waals surface area contributed by atoms with E-state index < -0.39 is 0 Å². The highest BCUT2D eigenvalue weighted by molar-refractivity contribution is 5.45. The van der Waals surface area contributed by atoms with Gasteiger partial charge in [0.15, 0.2) is 0 Å². The molecular weight excluding hydrogens is 192 g/mol. The molecule has 0 saturated carbocycles. The molecule has 0 amide bonds. The van der Waals surface area contributed by atoms with Crippen LogP contribution < -0.4 is 0 Å². The van der Waals surface area contributed by atoms with Crippen LogP contribution in [0.3, 0.4) is 0 Å². The molecule has 0 heteroatoms. The Bertz CT molecular complexity index is 362. The minimum Gasteiger partial charge on any atom is -0.0985 e. The van der Waals surface area contributed by atoms with Gasteiger partial charge in [0, 0.05) is 0 Å². The maximum absolute atomic E-state index is 3.66. The van der Waals surface area contributed by atoms with Crippen LogP contribution in [0.15, 0.2) is 86.5 Å². The predicted molar refractivity (Wildman–Crippen MR) is 75.2 cm³/mol. The van der Waals surface area contributed by atoms with Crippen LogP contribution in [-0.4, -0.2) is 0 Å². The average molecular weight is 210 g/mol. The normalized spacial score (nSPS) is 8.00. The summed E-state index contributed by atoms with van der Waals surface area (Å²) in [6.07, 6.45) is 5.15. The summed E-state index contributed by atoms with van der Waals surface area (Å²) in [5, 5.41) is 0.